The van der Waals surface area contributed by atoms with Crippen molar-refractivity contribution in [1.82, 2.24) is 9.55 Å². The monoisotopic (exact) mass is 335 g/mol. The Labute approximate surface area is 133 Å². The van der Waals surface area contributed by atoms with E-state index in [-0.39, 0.29) is 4.90 Å². The summed E-state index contributed by atoms with van der Waals surface area (Å²) in [6, 6.07) is 9.88. The average molecular weight is 336 g/mol. The van der Waals surface area contributed by atoms with Crippen molar-refractivity contribution >= 4 is 38.3 Å². The van der Waals surface area contributed by atoms with Gasteiger partial charge in [0.2, 0.25) is 0 Å². The first kappa shape index (κ1) is 14.9. The van der Waals surface area contributed by atoms with Crippen molar-refractivity contribution in [2.75, 3.05) is 4.72 Å². The Morgan fingerprint density at radius 1 is 1.18 bits per heavy atom. The zero-order valence-electron chi connectivity index (χ0n) is 12.0. The highest BCUT2D eigenvalue weighted by atomic mass is 35.5. The largest absolute Gasteiger partial charge is 0.334 e. The summed E-state index contributed by atoms with van der Waals surface area (Å²) in [5.41, 5.74) is 2.95. The standard InChI is InChI=1S/C15H14ClN3O2S/c1-10-3-5-12(8-13(10)16)22(20,21)18-11-4-6-15-14(7-11)17-9-19(15)2/h3-9,18H,1-2H3. The van der Waals surface area contributed by atoms with E-state index in [1.54, 1.807) is 24.5 Å². The molecule has 0 aliphatic carbocycles. The maximum atomic E-state index is 12.4. The SMILES string of the molecule is Cc1ccc(S(=O)(=O)Nc2ccc3c(c2)ncn3C)cc1Cl. The molecule has 0 atom stereocenters. The van der Waals surface area contributed by atoms with E-state index in [9.17, 15) is 8.42 Å². The van der Waals surface area contributed by atoms with Gasteiger partial charge in [0.1, 0.15) is 0 Å². The minimum atomic E-state index is -3.68. The molecule has 0 saturated carbocycles. The van der Waals surface area contributed by atoms with Gasteiger partial charge in [-0.15, -0.1) is 0 Å². The zero-order chi connectivity index (χ0) is 15.9. The molecule has 3 rings (SSSR count). The van der Waals surface area contributed by atoms with Gasteiger partial charge in [-0.1, -0.05) is 17.7 Å². The number of benzene rings is 2. The molecule has 1 aromatic heterocycles. The lowest BCUT2D eigenvalue weighted by molar-refractivity contribution is 0.601. The minimum absolute atomic E-state index is 0.129. The van der Waals surface area contributed by atoms with E-state index in [0.29, 0.717) is 10.7 Å². The summed E-state index contributed by atoms with van der Waals surface area (Å²) in [5.74, 6) is 0. The van der Waals surface area contributed by atoms with Crippen LogP contribution in [0.5, 0.6) is 0 Å². The molecule has 22 heavy (non-hydrogen) atoms. The van der Waals surface area contributed by atoms with Gasteiger partial charge in [-0.2, -0.15) is 0 Å². The van der Waals surface area contributed by atoms with Gasteiger partial charge in [-0.05, 0) is 42.8 Å². The molecule has 1 heterocycles. The lowest BCUT2D eigenvalue weighted by atomic mass is 10.2. The highest BCUT2D eigenvalue weighted by Crippen LogP contribution is 2.23. The van der Waals surface area contributed by atoms with Crippen molar-refractivity contribution in [3.05, 3.63) is 53.3 Å². The number of hydrogen-bond acceptors (Lipinski definition) is 3. The molecule has 5 nitrogen and oxygen atoms in total. The van der Waals surface area contributed by atoms with Gasteiger partial charge in [0.15, 0.2) is 0 Å². The van der Waals surface area contributed by atoms with Crippen LogP contribution in [0.15, 0.2) is 47.6 Å². The molecule has 0 bridgehead atoms. The molecule has 114 valence electrons. The summed E-state index contributed by atoms with van der Waals surface area (Å²) in [6.45, 7) is 1.82. The first-order valence-electron chi connectivity index (χ1n) is 6.57. The van der Waals surface area contributed by atoms with Gasteiger partial charge in [0.05, 0.1) is 27.9 Å². The Kier molecular flexibility index (Phi) is 3.58. The van der Waals surface area contributed by atoms with Crippen LogP contribution in [0.3, 0.4) is 0 Å². The van der Waals surface area contributed by atoms with Crippen molar-refractivity contribution in [2.45, 2.75) is 11.8 Å². The van der Waals surface area contributed by atoms with Crippen molar-refractivity contribution in [1.29, 1.82) is 0 Å². The molecule has 0 amide bonds. The Hall–Kier alpha value is -2.05. The number of hydrogen-bond donors (Lipinski definition) is 1. The average Bonchev–Trinajstić information content (AvgIpc) is 2.82. The fourth-order valence-corrected chi connectivity index (χ4v) is 3.47. The van der Waals surface area contributed by atoms with Crippen LogP contribution in [0.4, 0.5) is 5.69 Å². The Morgan fingerprint density at radius 3 is 2.68 bits per heavy atom. The van der Waals surface area contributed by atoms with Gasteiger partial charge in [-0.25, -0.2) is 13.4 Å². The van der Waals surface area contributed by atoms with E-state index in [4.69, 9.17) is 11.6 Å². The van der Waals surface area contributed by atoms with Crippen molar-refractivity contribution in [2.24, 2.45) is 7.05 Å². The number of aryl methyl sites for hydroxylation is 2. The third kappa shape index (κ3) is 2.67. The number of imidazole rings is 1. The summed E-state index contributed by atoms with van der Waals surface area (Å²) >= 11 is 6.00. The quantitative estimate of drug-likeness (QED) is 0.798. The minimum Gasteiger partial charge on any atom is -0.334 e. The lowest BCUT2D eigenvalue weighted by Crippen LogP contribution is -2.13. The molecule has 1 N–H and O–H groups in total. The number of aromatic nitrogens is 2. The van der Waals surface area contributed by atoms with Gasteiger partial charge in [0.25, 0.3) is 10.0 Å². The van der Waals surface area contributed by atoms with E-state index in [0.717, 1.165) is 16.6 Å². The Morgan fingerprint density at radius 2 is 1.95 bits per heavy atom. The third-order valence-corrected chi connectivity index (χ3v) is 5.22. The number of fused-ring (bicyclic) bond motifs is 1. The molecule has 0 fully saturated rings. The maximum Gasteiger partial charge on any atom is 0.261 e. The molecular formula is C15H14ClN3O2S. The molecule has 0 spiro atoms. The van der Waals surface area contributed by atoms with Crippen molar-refractivity contribution in [3.63, 3.8) is 0 Å². The number of nitrogens with one attached hydrogen (secondary N) is 1. The van der Waals surface area contributed by atoms with Crippen LogP contribution in [0, 0.1) is 6.92 Å². The molecular weight excluding hydrogens is 322 g/mol. The molecule has 3 aromatic rings. The smallest absolute Gasteiger partial charge is 0.261 e. The summed E-state index contributed by atoms with van der Waals surface area (Å²) in [4.78, 5) is 4.34. The summed E-state index contributed by atoms with van der Waals surface area (Å²) in [5, 5.41) is 0.419. The second kappa shape index (κ2) is 5.30. The van der Waals surface area contributed by atoms with Crippen molar-refractivity contribution in [3.8, 4) is 0 Å². The van der Waals surface area contributed by atoms with Crippen LogP contribution in [0.25, 0.3) is 11.0 Å². The fraction of sp³-hybridized carbons (Fsp3) is 0.133. The van der Waals surface area contributed by atoms with E-state index in [1.165, 1.54) is 12.1 Å². The van der Waals surface area contributed by atoms with Crippen LogP contribution in [0.2, 0.25) is 5.02 Å². The predicted octanol–water partition coefficient (Wildman–Crippen LogP) is 3.34. The molecule has 0 aliphatic rings. The molecule has 2 aromatic carbocycles. The molecule has 0 unspecified atom stereocenters. The maximum absolute atomic E-state index is 12.4. The van der Waals surface area contributed by atoms with Gasteiger partial charge < -0.3 is 4.57 Å². The third-order valence-electron chi connectivity index (χ3n) is 3.43. The topological polar surface area (TPSA) is 64.0 Å². The first-order valence-corrected chi connectivity index (χ1v) is 8.43. The number of sulfonamides is 1. The molecule has 0 radical (unpaired) electrons. The second-order valence-electron chi connectivity index (χ2n) is 5.08. The van der Waals surface area contributed by atoms with Crippen LogP contribution in [0.1, 0.15) is 5.56 Å². The lowest BCUT2D eigenvalue weighted by Gasteiger charge is -2.09. The number of anilines is 1. The molecule has 7 heteroatoms. The molecule has 0 saturated heterocycles. The second-order valence-corrected chi connectivity index (χ2v) is 7.17. The summed E-state index contributed by atoms with van der Waals surface area (Å²) < 4.78 is 29.2. The van der Waals surface area contributed by atoms with Gasteiger partial charge >= 0.3 is 0 Å². The van der Waals surface area contributed by atoms with E-state index in [2.05, 4.69) is 9.71 Å². The summed E-state index contributed by atoms with van der Waals surface area (Å²) in [7, 11) is -1.80. The summed E-state index contributed by atoms with van der Waals surface area (Å²) in [6.07, 6.45) is 1.68. The molecule has 0 aliphatic heterocycles. The number of nitrogens with zero attached hydrogens (tertiary/aromatic N) is 2. The normalized spacial score (nSPS) is 11.8. The Balaban J connectivity index is 1.96. The first-order chi connectivity index (χ1) is 10.4. The van der Waals surface area contributed by atoms with E-state index >= 15 is 0 Å². The highest BCUT2D eigenvalue weighted by Gasteiger charge is 2.15. The zero-order valence-corrected chi connectivity index (χ0v) is 13.6. The Bertz CT molecular complexity index is 964. The predicted molar refractivity (Wildman–Crippen MR) is 87.7 cm³/mol. The number of rotatable bonds is 3. The van der Waals surface area contributed by atoms with E-state index in [1.807, 2.05) is 24.6 Å². The van der Waals surface area contributed by atoms with Gasteiger partial charge in [0, 0.05) is 12.1 Å². The van der Waals surface area contributed by atoms with Crippen LogP contribution in [-0.4, -0.2) is 18.0 Å². The number of halogens is 1. The highest BCUT2D eigenvalue weighted by molar-refractivity contribution is 7.92. The van der Waals surface area contributed by atoms with Crippen LogP contribution in [-0.2, 0) is 17.1 Å². The van der Waals surface area contributed by atoms with E-state index < -0.39 is 10.0 Å². The van der Waals surface area contributed by atoms with Crippen LogP contribution < -0.4 is 4.72 Å². The van der Waals surface area contributed by atoms with Crippen LogP contribution >= 0.6 is 11.6 Å². The van der Waals surface area contributed by atoms with Gasteiger partial charge in [-0.3, -0.25) is 4.72 Å². The fourth-order valence-electron chi connectivity index (χ4n) is 2.15. The van der Waals surface area contributed by atoms with Crippen molar-refractivity contribution < 1.29 is 8.42 Å².